The highest BCUT2D eigenvalue weighted by molar-refractivity contribution is 7.97. The Labute approximate surface area is 193 Å². The topological polar surface area (TPSA) is 172 Å². The average Bonchev–Trinajstić information content (AvgIpc) is 2.79. The average molecular weight is 481 g/mol. The van der Waals surface area contributed by atoms with Crippen molar-refractivity contribution in [2.24, 2.45) is 10.2 Å². The lowest BCUT2D eigenvalue weighted by atomic mass is 9.94. The molecule has 0 unspecified atom stereocenters. The van der Waals surface area contributed by atoms with Crippen molar-refractivity contribution in [2.75, 3.05) is 5.32 Å². The van der Waals surface area contributed by atoms with Crippen LogP contribution in [0.4, 0.5) is 11.4 Å². The lowest BCUT2D eigenvalue weighted by Crippen LogP contribution is -2.29. The zero-order valence-electron chi connectivity index (χ0n) is 17.2. The molecule has 0 amide bonds. The zero-order chi connectivity index (χ0) is 24.5. The van der Waals surface area contributed by atoms with Crippen molar-refractivity contribution in [3.8, 4) is 0 Å². The first-order valence-electron chi connectivity index (χ1n) is 9.63. The fourth-order valence-electron chi connectivity index (χ4n) is 3.21. The summed E-state index contributed by atoms with van der Waals surface area (Å²) in [6, 6.07) is 13.9. The van der Waals surface area contributed by atoms with Crippen LogP contribution in [0.15, 0.2) is 87.6 Å². The van der Waals surface area contributed by atoms with Crippen LogP contribution in [0.1, 0.15) is 15.9 Å². The van der Waals surface area contributed by atoms with E-state index in [1.807, 2.05) is 30.3 Å². The summed E-state index contributed by atoms with van der Waals surface area (Å²) >= 11 is 0. The molecule has 0 atom stereocenters. The van der Waals surface area contributed by atoms with Crippen molar-refractivity contribution in [3.05, 3.63) is 88.5 Å². The number of anilines is 2. The number of allylic oxidation sites excluding steroid dienone is 4. The van der Waals surface area contributed by atoms with Gasteiger partial charge in [-0.3, -0.25) is 20.0 Å². The lowest BCUT2D eigenvalue weighted by Gasteiger charge is -2.15. The number of para-hydroxylation sites is 1. The van der Waals surface area contributed by atoms with E-state index in [9.17, 15) is 22.9 Å². The van der Waals surface area contributed by atoms with Crippen LogP contribution in [-0.4, -0.2) is 47.7 Å². The molecular formula is C22H17N4O7S+. The van der Waals surface area contributed by atoms with Crippen LogP contribution in [0.2, 0.25) is 0 Å². The van der Waals surface area contributed by atoms with E-state index in [-0.39, 0.29) is 27.8 Å². The molecule has 0 aliphatic heterocycles. The third kappa shape index (κ3) is 4.80. The molecule has 0 spiro atoms. The summed E-state index contributed by atoms with van der Waals surface area (Å²) in [5, 5.41) is 28.4. The van der Waals surface area contributed by atoms with Gasteiger partial charge in [0, 0.05) is 23.0 Å². The first kappa shape index (κ1) is 23.1. The Morgan fingerprint density at radius 3 is 2.29 bits per heavy atom. The largest absolute Gasteiger partial charge is 0.388 e. The molecule has 0 aromatic heterocycles. The molecule has 0 saturated carbocycles. The van der Waals surface area contributed by atoms with Gasteiger partial charge in [0.1, 0.15) is 5.71 Å². The second kappa shape index (κ2) is 9.05. The summed E-state index contributed by atoms with van der Waals surface area (Å²) in [6.45, 7) is 0. The number of rotatable bonds is 5. The minimum atomic E-state index is -4.65. The Hall–Kier alpha value is -4.07. The highest BCUT2D eigenvalue weighted by Crippen LogP contribution is 2.30. The molecule has 12 heteroatoms. The fraction of sp³-hybridized carbons (Fsp3) is 0. The van der Waals surface area contributed by atoms with Gasteiger partial charge in [0.15, 0.2) is 5.71 Å². The number of benzene rings is 2. The maximum absolute atomic E-state index is 13.1. The number of fused-ring (bicyclic) bond motifs is 1. The second-order valence-electron chi connectivity index (χ2n) is 7.12. The number of Topliss-reactive ketones (excluding diaryl/α,β-unsaturated/α-hetero) is 1. The van der Waals surface area contributed by atoms with Crippen molar-refractivity contribution in [3.63, 3.8) is 0 Å². The van der Waals surface area contributed by atoms with Crippen molar-refractivity contribution >= 4 is 50.9 Å². The molecule has 5 N–H and O–H groups in total. The first-order valence-corrected chi connectivity index (χ1v) is 11.1. The number of carbonyl (C=O) groups is 2. The standard InChI is InChI=1S/C22H16N4O7S/c27-19-9-7-16(26(29)30)12-18(19)24-25-21-20(34(31,32)33)11-13-10-15(6-8-17(13)22(21)28)23-14-4-2-1-3-5-14/h1-12,29-30H,(H2-,23,28,31,32,33)/p+1. The minimum Gasteiger partial charge on any atom is -0.356 e. The summed E-state index contributed by atoms with van der Waals surface area (Å²) in [4.78, 5) is 24.4. The predicted octanol–water partition coefficient (Wildman–Crippen LogP) is 3.31. The third-order valence-corrected chi connectivity index (χ3v) is 5.70. The van der Waals surface area contributed by atoms with E-state index in [2.05, 4.69) is 15.5 Å². The number of hydroxylamine groups is 2. The quantitative estimate of drug-likeness (QED) is 0.244. The fourth-order valence-corrected chi connectivity index (χ4v) is 3.88. The molecular weight excluding hydrogens is 464 g/mol. The molecule has 172 valence electrons. The van der Waals surface area contributed by atoms with Gasteiger partial charge < -0.3 is 5.32 Å². The summed E-state index contributed by atoms with van der Waals surface area (Å²) in [6.07, 6.45) is 4.22. The maximum Gasteiger partial charge on any atom is 0.388 e. The monoisotopic (exact) mass is 481 g/mol. The van der Waals surface area contributed by atoms with E-state index in [1.165, 1.54) is 6.07 Å². The smallest absolute Gasteiger partial charge is 0.356 e. The molecule has 2 aromatic rings. The van der Waals surface area contributed by atoms with E-state index in [4.69, 9.17) is 10.4 Å². The van der Waals surface area contributed by atoms with Crippen LogP contribution in [0, 0.1) is 0 Å². The minimum absolute atomic E-state index is 0.132. The van der Waals surface area contributed by atoms with Gasteiger partial charge in [-0.05, 0) is 58.3 Å². The van der Waals surface area contributed by atoms with Crippen LogP contribution in [-0.2, 0) is 19.5 Å². The van der Waals surface area contributed by atoms with Crippen molar-refractivity contribution in [1.29, 1.82) is 0 Å². The van der Waals surface area contributed by atoms with Crippen LogP contribution < -0.4 is 5.32 Å². The van der Waals surface area contributed by atoms with Gasteiger partial charge in [-0.1, -0.05) is 18.2 Å². The van der Waals surface area contributed by atoms with Gasteiger partial charge in [-0.15, -0.1) is 15.4 Å². The van der Waals surface area contributed by atoms with E-state index in [0.717, 1.165) is 30.0 Å². The third-order valence-electron chi connectivity index (χ3n) is 4.81. The zero-order valence-corrected chi connectivity index (χ0v) is 18.0. The predicted molar refractivity (Wildman–Crippen MR) is 124 cm³/mol. The van der Waals surface area contributed by atoms with Crippen molar-refractivity contribution in [2.45, 2.75) is 0 Å². The summed E-state index contributed by atoms with van der Waals surface area (Å²) < 4.78 is 31.8. The van der Waals surface area contributed by atoms with Crippen molar-refractivity contribution < 1.29 is 33.3 Å². The molecule has 11 nitrogen and oxygen atoms in total. The van der Waals surface area contributed by atoms with Crippen LogP contribution in [0.3, 0.4) is 0 Å². The van der Waals surface area contributed by atoms with E-state index >= 15 is 0 Å². The first-order chi connectivity index (χ1) is 16.1. The lowest BCUT2D eigenvalue weighted by molar-refractivity contribution is -0.275. The van der Waals surface area contributed by atoms with Crippen molar-refractivity contribution in [1.82, 2.24) is 5.23 Å². The number of carbonyl (C=O) groups excluding carboxylic acids is 2. The maximum atomic E-state index is 13.1. The van der Waals surface area contributed by atoms with Crippen LogP contribution in [0.25, 0.3) is 6.08 Å². The summed E-state index contributed by atoms with van der Waals surface area (Å²) in [5.41, 5.74) is 0.545. The molecule has 0 heterocycles. The Bertz CT molecular complexity index is 1390. The molecule has 0 fully saturated rings. The second-order valence-corrected chi connectivity index (χ2v) is 8.55. The molecule has 2 aliphatic rings. The number of hydrogen-bond acceptors (Lipinski definition) is 9. The Kier molecular flexibility index (Phi) is 6.15. The molecule has 4 rings (SSSR count). The Balaban J connectivity index is 1.75. The molecule has 2 aliphatic carbocycles. The summed E-state index contributed by atoms with van der Waals surface area (Å²) in [7, 11) is -4.65. The van der Waals surface area contributed by atoms with E-state index < -0.39 is 32.7 Å². The number of nitrogens with one attached hydrogen (secondary N) is 1. The van der Waals surface area contributed by atoms with E-state index in [1.54, 1.807) is 12.1 Å². The SMILES string of the molecule is O=C1C=CC(N(O)O)=CC1=NN=C1C(=O)c2ccc(Nc3ccccc3)cc2C=C1[S+](=O)(O)O. The van der Waals surface area contributed by atoms with Gasteiger partial charge in [0.25, 0.3) is 4.91 Å². The molecule has 34 heavy (non-hydrogen) atoms. The van der Waals surface area contributed by atoms with Gasteiger partial charge in [0.2, 0.25) is 11.6 Å². The van der Waals surface area contributed by atoms with Gasteiger partial charge in [-0.2, -0.15) is 9.11 Å². The number of hydrogen-bond donors (Lipinski definition) is 5. The van der Waals surface area contributed by atoms with Crippen LogP contribution >= 0.6 is 0 Å². The molecule has 0 saturated heterocycles. The molecule has 0 radical (unpaired) electrons. The molecule has 0 bridgehead atoms. The van der Waals surface area contributed by atoms with Gasteiger partial charge in [-0.25, -0.2) is 0 Å². The Morgan fingerprint density at radius 1 is 0.882 bits per heavy atom. The molecule has 2 aromatic carbocycles. The number of ketones is 2. The Morgan fingerprint density at radius 2 is 1.62 bits per heavy atom. The van der Waals surface area contributed by atoms with E-state index in [0.29, 0.717) is 5.69 Å². The summed E-state index contributed by atoms with van der Waals surface area (Å²) in [5.74, 6) is -1.46. The van der Waals surface area contributed by atoms with Crippen LogP contribution in [0.5, 0.6) is 0 Å². The van der Waals surface area contributed by atoms with Gasteiger partial charge >= 0.3 is 10.5 Å². The highest BCUT2D eigenvalue weighted by atomic mass is 32.3. The van der Waals surface area contributed by atoms with Gasteiger partial charge in [0.05, 0.1) is 5.70 Å². The highest BCUT2D eigenvalue weighted by Gasteiger charge is 2.42. The number of nitrogens with zero attached hydrogens (tertiary/aromatic N) is 3. The normalized spacial score (nSPS) is 18.0.